The summed E-state index contributed by atoms with van der Waals surface area (Å²) in [6.45, 7) is 1.56. The van der Waals surface area contributed by atoms with Crippen molar-refractivity contribution in [2.45, 2.75) is 12.5 Å². The van der Waals surface area contributed by atoms with Crippen LogP contribution < -0.4 is 0 Å². The molecule has 6 heteroatoms. The molecule has 0 saturated carbocycles. The summed E-state index contributed by atoms with van der Waals surface area (Å²) in [6.07, 6.45) is 0. The number of rotatable bonds is 2. The van der Waals surface area contributed by atoms with Crippen molar-refractivity contribution in [3.05, 3.63) is 54.4 Å². The van der Waals surface area contributed by atoms with Gasteiger partial charge in [-0.1, -0.05) is 23.2 Å². The summed E-state index contributed by atoms with van der Waals surface area (Å²) in [4.78, 5) is 0. The van der Waals surface area contributed by atoms with Crippen LogP contribution in [0.15, 0.2) is 27.4 Å². The van der Waals surface area contributed by atoms with Crippen LogP contribution in [0.1, 0.15) is 18.1 Å². The number of halogens is 4. The van der Waals surface area contributed by atoms with Gasteiger partial charge in [0, 0.05) is 26.0 Å². The van der Waals surface area contributed by atoms with E-state index in [9.17, 15) is 9.50 Å². The van der Waals surface area contributed by atoms with Crippen LogP contribution >= 0.6 is 50.5 Å². The minimum absolute atomic E-state index is 0.0658. The van der Waals surface area contributed by atoms with E-state index in [1.807, 2.05) is 5.38 Å². The molecule has 0 bridgehead atoms. The molecule has 1 unspecified atom stereocenters. The van der Waals surface area contributed by atoms with Gasteiger partial charge in [0.2, 0.25) is 0 Å². The molecule has 1 atom stereocenters. The number of benzene rings is 1. The second-order valence-electron chi connectivity index (χ2n) is 3.95. The molecule has 0 amide bonds. The summed E-state index contributed by atoms with van der Waals surface area (Å²) < 4.78 is 14.3. The monoisotopic (exact) mass is 368 g/mol. The lowest BCUT2D eigenvalue weighted by Crippen LogP contribution is -2.23. The molecule has 1 nitrogen and oxygen atoms in total. The Bertz CT molecular complexity index is 598. The van der Waals surface area contributed by atoms with Crippen LogP contribution in [0.4, 0.5) is 4.39 Å². The Balaban J connectivity index is 2.61. The molecular formula is C12H8BrCl2FOS. The highest BCUT2D eigenvalue weighted by atomic mass is 79.9. The first kappa shape index (κ1) is 14.3. The summed E-state index contributed by atoms with van der Waals surface area (Å²) in [6, 6.07) is 2.46. The van der Waals surface area contributed by atoms with Crippen molar-refractivity contribution >= 4 is 50.5 Å². The molecule has 0 fully saturated rings. The van der Waals surface area contributed by atoms with E-state index in [0.717, 1.165) is 10.5 Å². The highest BCUT2D eigenvalue weighted by Crippen LogP contribution is 2.40. The van der Waals surface area contributed by atoms with Crippen molar-refractivity contribution in [3.63, 3.8) is 0 Å². The molecule has 2 rings (SSSR count). The van der Waals surface area contributed by atoms with E-state index in [-0.39, 0.29) is 15.6 Å². The van der Waals surface area contributed by atoms with E-state index in [4.69, 9.17) is 23.2 Å². The number of aliphatic hydroxyl groups is 1. The minimum Gasteiger partial charge on any atom is -0.381 e. The lowest BCUT2D eigenvalue weighted by Gasteiger charge is -2.25. The molecule has 2 aromatic rings. The molecule has 0 aliphatic carbocycles. The van der Waals surface area contributed by atoms with Crippen molar-refractivity contribution in [1.29, 1.82) is 0 Å². The highest BCUT2D eigenvalue weighted by molar-refractivity contribution is 9.10. The van der Waals surface area contributed by atoms with E-state index in [2.05, 4.69) is 15.9 Å². The number of hydrogen-bond donors (Lipinski definition) is 1. The molecule has 0 radical (unpaired) electrons. The van der Waals surface area contributed by atoms with Gasteiger partial charge in [-0.3, -0.25) is 0 Å². The Labute approximate surface area is 126 Å². The van der Waals surface area contributed by atoms with E-state index in [1.54, 1.807) is 12.3 Å². The van der Waals surface area contributed by atoms with Gasteiger partial charge in [-0.05, 0) is 40.4 Å². The Morgan fingerprint density at radius 2 is 1.89 bits per heavy atom. The first-order chi connectivity index (χ1) is 8.34. The molecule has 96 valence electrons. The van der Waals surface area contributed by atoms with Crippen molar-refractivity contribution in [2.24, 2.45) is 0 Å². The smallest absolute Gasteiger partial charge is 0.142 e. The van der Waals surface area contributed by atoms with Gasteiger partial charge in [0.25, 0.3) is 0 Å². The Morgan fingerprint density at radius 3 is 2.44 bits per heavy atom. The Morgan fingerprint density at radius 1 is 1.22 bits per heavy atom. The number of thiophene rings is 1. The van der Waals surface area contributed by atoms with Gasteiger partial charge in [-0.2, -0.15) is 11.3 Å². The number of hydrogen-bond acceptors (Lipinski definition) is 2. The molecule has 0 aliphatic rings. The maximum Gasteiger partial charge on any atom is 0.142 e. The second-order valence-corrected chi connectivity index (χ2v) is 6.36. The summed E-state index contributed by atoms with van der Waals surface area (Å²) in [5, 5.41) is 14.4. The van der Waals surface area contributed by atoms with E-state index >= 15 is 0 Å². The van der Waals surface area contributed by atoms with Gasteiger partial charge in [-0.25, -0.2) is 4.39 Å². The molecule has 18 heavy (non-hydrogen) atoms. The third kappa shape index (κ3) is 2.45. The predicted molar refractivity (Wildman–Crippen MR) is 77.1 cm³/mol. The van der Waals surface area contributed by atoms with Crippen LogP contribution in [0.5, 0.6) is 0 Å². The van der Waals surface area contributed by atoms with E-state index in [1.165, 1.54) is 17.4 Å². The third-order valence-electron chi connectivity index (χ3n) is 2.67. The molecular weight excluding hydrogens is 362 g/mol. The average Bonchev–Trinajstić information content (AvgIpc) is 2.70. The summed E-state index contributed by atoms with van der Waals surface area (Å²) in [7, 11) is 0. The van der Waals surface area contributed by atoms with Gasteiger partial charge < -0.3 is 5.11 Å². The predicted octanol–water partition coefficient (Wildman–Crippen LogP) is 5.21. The van der Waals surface area contributed by atoms with Crippen LogP contribution in [0.3, 0.4) is 0 Å². The quantitative estimate of drug-likeness (QED) is 0.720. The van der Waals surface area contributed by atoms with E-state index < -0.39 is 11.4 Å². The van der Waals surface area contributed by atoms with Crippen molar-refractivity contribution < 1.29 is 9.50 Å². The average molecular weight is 370 g/mol. The van der Waals surface area contributed by atoms with Crippen LogP contribution in [-0.4, -0.2) is 5.11 Å². The van der Waals surface area contributed by atoms with Crippen LogP contribution in [0, 0.1) is 5.82 Å². The largest absolute Gasteiger partial charge is 0.381 e. The summed E-state index contributed by atoms with van der Waals surface area (Å²) in [5.74, 6) is -0.609. The minimum atomic E-state index is -1.39. The lowest BCUT2D eigenvalue weighted by atomic mass is 9.90. The zero-order valence-corrected chi connectivity index (χ0v) is 13.1. The molecule has 1 aromatic heterocycles. The van der Waals surface area contributed by atoms with E-state index in [0.29, 0.717) is 5.56 Å². The first-order valence-corrected chi connectivity index (χ1v) is 7.42. The van der Waals surface area contributed by atoms with Gasteiger partial charge in [0.1, 0.15) is 11.4 Å². The maximum atomic E-state index is 13.5. The molecule has 1 aromatic carbocycles. The fourth-order valence-corrected chi connectivity index (χ4v) is 4.02. The molecule has 1 N–H and O–H groups in total. The molecule has 1 heterocycles. The van der Waals surface area contributed by atoms with Crippen LogP contribution in [-0.2, 0) is 5.60 Å². The first-order valence-electron chi connectivity index (χ1n) is 4.93. The normalized spacial score (nSPS) is 14.6. The summed E-state index contributed by atoms with van der Waals surface area (Å²) >= 11 is 16.5. The zero-order valence-electron chi connectivity index (χ0n) is 9.18. The Hall–Kier alpha value is -0.130. The summed E-state index contributed by atoms with van der Waals surface area (Å²) in [5.41, 5.74) is -0.470. The SMILES string of the molecule is CC(O)(c1cc(F)c(Cl)cc1Cl)c1cscc1Br. The fraction of sp³-hybridized carbons (Fsp3) is 0.167. The van der Waals surface area contributed by atoms with Gasteiger partial charge in [0.15, 0.2) is 0 Å². The van der Waals surface area contributed by atoms with Crippen molar-refractivity contribution in [2.75, 3.05) is 0 Å². The van der Waals surface area contributed by atoms with Crippen molar-refractivity contribution in [3.8, 4) is 0 Å². The molecule has 0 spiro atoms. The zero-order chi connectivity index (χ0) is 13.5. The Kier molecular flexibility index (Phi) is 4.04. The van der Waals surface area contributed by atoms with Gasteiger partial charge >= 0.3 is 0 Å². The molecule has 0 aliphatic heterocycles. The topological polar surface area (TPSA) is 20.2 Å². The fourth-order valence-electron chi connectivity index (χ4n) is 1.67. The lowest BCUT2D eigenvalue weighted by molar-refractivity contribution is 0.102. The van der Waals surface area contributed by atoms with Crippen molar-refractivity contribution in [1.82, 2.24) is 0 Å². The van der Waals surface area contributed by atoms with Gasteiger partial charge in [-0.15, -0.1) is 0 Å². The second kappa shape index (κ2) is 5.10. The van der Waals surface area contributed by atoms with Crippen LogP contribution in [0.25, 0.3) is 0 Å². The molecule has 0 saturated heterocycles. The van der Waals surface area contributed by atoms with Crippen LogP contribution in [0.2, 0.25) is 10.0 Å². The maximum absolute atomic E-state index is 13.5. The van der Waals surface area contributed by atoms with Gasteiger partial charge in [0.05, 0.1) is 5.02 Å². The standard InChI is InChI=1S/C12H8BrCl2FOS/c1-12(17,7-4-18-5-8(7)13)6-2-11(16)10(15)3-9(6)14/h2-5,17H,1H3. The highest BCUT2D eigenvalue weighted by Gasteiger charge is 2.31. The third-order valence-corrected chi connectivity index (χ3v) is 4.98.